The Balaban J connectivity index is 3.18. The average Bonchev–Trinajstić information content (AvgIpc) is 2.52. The highest BCUT2D eigenvalue weighted by atomic mass is 16.5. The van der Waals surface area contributed by atoms with Gasteiger partial charge in [0.05, 0.1) is 7.11 Å². The van der Waals surface area contributed by atoms with Gasteiger partial charge in [0.2, 0.25) is 0 Å². The van der Waals surface area contributed by atoms with Gasteiger partial charge in [0.15, 0.2) is 0 Å². The first-order chi connectivity index (χ1) is 11.1. The van der Waals surface area contributed by atoms with Gasteiger partial charge in [-0.15, -0.1) is 0 Å². The van der Waals surface area contributed by atoms with Gasteiger partial charge in [-0.3, -0.25) is 4.79 Å². The molecule has 138 valence electrons. The zero-order valence-electron chi connectivity index (χ0n) is 16.4. The highest BCUT2D eigenvalue weighted by molar-refractivity contribution is 5.68. The van der Waals surface area contributed by atoms with Gasteiger partial charge in [0.25, 0.3) is 0 Å². The summed E-state index contributed by atoms with van der Waals surface area (Å²) in [5, 5.41) is 0. The first-order valence-corrected chi connectivity index (χ1v) is 10.1. The Labute approximate surface area is 145 Å². The fourth-order valence-corrected chi connectivity index (χ4v) is 3.11. The summed E-state index contributed by atoms with van der Waals surface area (Å²) in [6, 6.07) is 0. The van der Waals surface area contributed by atoms with E-state index in [1.165, 1.54) is 84.2 Å². The summed E-state index contributed by atoms with van der Waals surface area (Å²) in [5.41, 5.74) is 0. The van der Waals surface area contributed by atoms with E-state index in [1.54, 1.807) is 0 Å². The van der Waals surface area contributed by atoms with Crippen LogP contribution in [0.15, 0.2) is 0 Å². The number of hydrogen-bond donors (Lipinski definition) is 0. The molecule has 0 rings (SSSR count). The van der Waals surface area contributed by atoms with Crippen molar-refractivity contribution in [2.24, 2.45) is 11.8 Å². The number of carbonyl (C=O) groups excluding carboxylic acids is 1. The molecule has 0 aromatic rings. The molecule has 0 aliphatic heterocycles. The first-order valence-electron chi connectivity index (χ1n) is 10.1. The van der Waals surface area contributed by atoms with Crippen molar-refractivity contribution in [3.05, 3.63) is 0 Å². The topological polar surface area (TPSA) is 26.3 Å². The van der Waals surface area contributed by atoms with Crippen LogP contribution in [0.25, 0.3) is 0 Å². The van der Waals surface area contributed by atoms with Crippen LogP contribution < -0.4 is 0 Å². The standard InChI is InChI=1S/C21H42O2/c1-19(2)15-13-14-17-20(3)16-11-9-7-5-6-8-10-12-18-21(22)23-4/h19-20H,5-18H2,1-4H3. The maximum atomic E-state index is 11.0. The Morgan fingerprint density at radius 1 is 0.696 bits per heavy atom. The molecule has 1 unspecified atom stereocenters. The third kappa shape index (κ3) is 17.7. The minimum absolute atomic E-state index is 0.0664. The number of esters is 1. The molecule has 0 aromatic heterocycles. The Morgan fingerprint density at radius 2 is 1.13 bits per heavy atom. The van der Waals surface area contributed by atoms with Crippen molar-refractivity contribution in [3.63, 3.8) is 0 Å². The van der Waals surface area contributed by atoms with Crippen LogP contribution in [0.2, 0.25) is 0 Å². The van der Waals surface area contributed by atoms with Crippen molar-refractivity contribution in [3.8, 4) is 0 Å². The molecule has 0 radical (unpaired) electrons. The molecular formula is C21H42O2. The van der Waals surface area contributed by atoms with E-state index in [0.717, 1.165) is 18.3 Å². The minimum atomic E-state index is -0.0664. The highest BCUT2D eigenvalue weighted by Gasteiger charge is 2.03. The van der Waals surface area contributed by atoms with Crippen molar-refractivity contribution in [2.45, 2.75) is 111 Å². The Hall–Kier alpha value is -0.530. The van der Waals surface area contributed by atoms with E-state index in [9.17, 15) is 4.79 Å². The molecule has 2 heteroatoms. The second-order valence-corrected chi connectivity index (χ2v) is 7.73. The van der Waals surface area contributed by atoms with Gasteiger partial charge in [0, 0.05) is 6.42 Å². The molecule has 2 nitrogen and oxygen atoms in total. The Bertz CT molecular complexity index is 261. The van der Waals surface area contributed by atoms with E-state index in [1.807, 2.05) is 0 Å². The summed E-state index contributed by atoms with van der Waals surface area (Å²) in [6.45, 7) is 7.07. The molecule has 0 saturated heterocycles. The normalized spacial score (nSPS) is 12.6. The predicted octanol–water partition coefficient (Wildman–Crippen LogP) is 6.91. The zero-order chi connectivity index (χ0) is 17.3. The molecule has 0 amide bonds. The second kappa shape index (κ2) is 16.3. The molecular weight excluding hydrogens is 284 g/mol. The van der Waals surface area contributed by atoms with E-state index < -0.39 is 0 Å². The van der Waals surface area contributed by atoms with Crippen LogP contribution in [0.1, 0.15) is 111 Å². The quantitative estimate of drug-likeness (QED) is 0.227. The molecule has 0 aliphatic rings. The third-order valence-electron chi connectivity index (χ3n) is 4.78. The van der Waals surface area contributed by atoms with Crippen LogP contribution in [0.4, 0.5) is 0 Å². The summed E-state index contributed by atoms with van der Waals surface area (Å²) >= 11 is 0. The fourth-order valence-electron chi connectivity index (χ4n) is 3.11. The number of rotatable bonds is 16. The molecule has 0 saturated carbocycles. The summed E-state index contributed by atoms with van der Waals surface area (Å²) in [5.74, 6) is 1.72. The van der Waals surface area contributed by atoms with E-state index in [0.29, 0.717) is 6.42 Å². The van der Waals surface area contributed by atoms with Gasteiger partial charge >= 0.3 is 5.97 Å². The largest absolute Gasteiger partial charge is 0.469 e. The van der Waals surface area contributed by atoms with Gasteiger partial charge in [-0.2, -0.15) is 0 Å². The molecule has 0 spiro atoms. The molecule has 0 N–H and O–H groups in total. The van der Waals surface area contributed by atoms with E-state index in [-0.39, 0.29) is 5.97 Å². The molecule has 0 heterocycles. The van der Waals surface area contributed by atoms with Crippen LogP contribution in [0.5, 0.6) is 0 Å². The SMILES string of the molecule is COC(=O)CCCCCCCCCCC(C)CCCCC(C)C. The number of unbranched alkanes of at least 4 members (excludes halogenated alkanes) is 8. The van der Waals surface area contributed by atoms with E-state index >= 15 is 0 Å². The predicted molar refractivity (Wildman–Crippen MR) is 101 cm³/mol. The maximum Gasteiger partial charge on any atom is 0.305 e. The lowest BCUT2D eigenvalue weighted by Gasteiger charge is -2.11. The maximum absolute atomic E-state index is 11.0. The van der Waals surface area contributed by atoms with Crippen molar-refractivity contribution >= 4 is 5.97 Å². The lowest BCUT2D eigenvalue weighted by Crippen LogP contribution is -1.99. The van der Waals surface area contributed by atoms with Crippen LogP contribution in [-0.4, -0.2) is 13.1 Å². The zero-order valence-corrected chi connectivity index (χ0v) is 16.4. The van der Waals surface area contributed by atoms with Gasteiger partial charge in [0.1, 0.15) is 0 Å². The van der Waals surface area contributed by atoms with E-state index in [4.69, 9.17) is 0 Å². The highest BCUT2D eigenvalue weighted by Crippen LogP contribution is 2.19. The van der Waals surface area contributed by atoms with Crippen molar-refractivity contribution in [1.29, 1.82) is 0 Å². The van der Waals surface area contributed by atoms with Crippen LogP contribution in [0.3, 0.4) is 0 Å². The average molecular weight is 327 g/mol. The van der Waals surface area contributed by atoms with Crippen molar-refractivity contribution in [1.82, 2.24) is 0 Å². The van der Waals surface area contributed by atoms with E-state index in [2.05, 4.69) is 25.5 Å². The summed E-state index contributed by atoms with van der Waals surface area (Å²) < 4.78 is 4.64. The van der Waals surface area contributed by atoms with Crippen molar-refractivity contribution < 1.29 is 9.53 Å². The lowest BCUT2D eigenvalue weighted by atomic mass is 9.95. The minimum Gasteiger partial charge on any atom is -0.469 e. The summed E-state index contributed by atoms with van der Waals surface area (Å²) in [6.07, 6.45) is 18.0. The third-order valence-corrected chi connectivity index (χ3v) is 4.78. The summed E-state index contributed by atoms with van der Waals surface area (Å²) in [4.78, 5) is 11.0. The summed E-state index contributed by atoms with van der Waals surface area (Å²) in [7, 11) is 1.47. The van der Waals surface area contributed by atoms with Gasteiger partial charge in [-0.25, -0.2) is 0 Å². The smallest absolute Gasteiger partial charge is 0.305 e. The van der Waals surface area contributed by atoms with Crippen LogP contribution in [-0.2, 0) is 9.53 Å². The first kappa shape index (κ1) is 22.5. The van der Waals surface area contributed by atoms with Crippen molar-refractivity contribution in [2.75, 3.05) is 7.11 Å². The number of carbonyl (C=O) groups is 1. The van der Waals surface area contributed by atoms with Gasteiger partial charge in [-0.1, -0.05) is 97.8 Å². The molecule has 1 atom stereocenters. The Morgan fingerprint density at radius 3 is 1.65 bits per heavy atom. The number of hydrogen-bond acceptors (Lipinski definition) is 2. The van der Waals surface area contributed by atoms with Gasteiger partial charge in [-0.05, 0) is 18.3 Å². The van der Waals surface area contributed by atoms with Crippen LogP contribution >= 0.6 is 0 Å². The van der Waals surface area contributed by atoms with Gasteiger partial charge < -0.3 is 4.74 Å². The molecule has 0 aromatic carbocycles. The van der Waals surface area contributed by atoms with Crippen LogP contribution in [0, 0.1) is 11.8 Å². The molecule has 0 aliphatic carbocycles. The molecule has 23 heavy (non-hydrogen) atoms. The lowest BCUT2D eigenvalue weighted by molar-refractivity contribution is -0.140. The Kier molecular flexibility index (Phi) is 16.0. The number of methoxy groups -OCH3 is 1. The monoisotopic (exact) mass is 326 g/mol. The number of ether oxygens (including phenoxy) is 1. The fraction of sp³-hybridized carbons (Fsp3) is 0.952. The molecule has 0 bridgehead atoms. The second-order valence-electron chi connectivity index (χ2n) is 7.73. The molecule has 0 fully saturated rings.